The summed E-state index contributed by atoms with van der Waals surface area (Å²) in [5.41, 5.74) is 0. The second-order valence-electron chi connectivity index (χ2n) is 6.35. The minimum absolute atomic E-state index is 0. The molecule has 1 rings (SSSR count). The van der Waals surface area contributed by atoms with Crippen molar-refractivity contribution < 1.29 is 23.8 Å². The van der Waals surface area contributed by atoms with Gasteiger partial charge in [-0.15, -0.1) is 0 Å². The van der Waals surface area contributed by atoms with Crippen LogP contribution < -0.4 is 17.0 Å². The van der Waals surface area contributed by atoms with Crippen molar-refractivity contribution in [2.75, 3.05) is 0 Å². The monoisotopic (exact) mass is 344 g/mol. The van der Waals surface area contributed by atoms with Crippen LogP contribution in [0, 0.1) is 0 Å². The van der Waals surface area contributed by atoms with E-state index in [9.17, 15) is 0 Å². The zero-order valence-corrected chi connectivity index (χ0v) is 15.7. The minimum atomic E-state index is -0.317. The summed E-state index contributed by atoms with van der Waals surface area (Å²) in [5, 5.41) is 0. The van der Waals surface area contributed by atoms with Gasteiger partial charge in [-0.3, -0.25) is 0 Å². The van der Waals surface area contributed by atoms with Gasteiger partial charge in [-0.05, 0) is 6.42 Å². The van der Waals surface area contributed by atoms with Gasteiger partial charge in [0.25, 0.3) is 0 Å². The molecule has 134 valence electrons. The normalized spacial score (nSPS) is 13.5. The van der Waals surface area contributed by atoms with Crippen molar-refractivity contribution in [1.82, 2.24) is 0 Å². The average Bonchev–Trinajstić information content (AvgIpc) is 2.67. The SMILES string of the molecule is [2H]c1c([2H])c([2H])[n+](CCCCCCCCCCCCCCCC)c([2H])c1[2H].[Cl-]. The molecule has 0 bridgehead atoms. The minimum Gasteiger partial charge on any atom is -1.00 e. The number of pyridine rings is 1. The first kappa shape index (κ1) is 14.8. The molecular formula is C21H38ClN. The van der Waals surface area contributed by atoms with Crippen LogP contribution in [-0.4, -0.2) is 0 Å². The zero-order chi connectivity index (χ0) is 20.1. The summed E-state index contributed by atoms with van der Waals surface area (Å²) >= 11 is 0. The Hall–Kier alpha value is -0.560. The van der Waals surface area contributed by atoms with E-state index in [1.54, 1.807) is 0 Å². The summed E-state index contributed by atoms with van der Waals surface area (Å²) < 4.78 is 40.2. The molecule has 0 saturated carbocycles. The quantitative estimate of drug-likeness (QED) is 0.339. The highest BCUT2D eigenvalue weighted by Crippen LogP contribution is 2.12. The van der Waals surface area contributed by atoms with Crippen LogP contribution in [0.1, 0.15) is 104 Å². The van der Waals surface area contributed by atoms with Crippen LogP contribution in [0.15, 0.2) is 30.5 Å². The van der Waals surface area contributed by atoms with Crippen molar-refractivity contribution in [2.45, 2.75) is 103 Å². The van der Waals surface area contributed by atoms with Crippen molar-refractivity contribution in [3.8, 4) is 0 Å². The highest BCUT2D eigenvalue weighted by molar-refractivity contribution is 4.83. The summed E-state index contributed by atoms with van der Waals surface area (Å²) in [4.78, 5) is 0. The van der Waals surface area contributed by atoms with Crippen LogP contribution in [0.3, 0.4) is 0 Å². The zero-order valence-electron chi connectivity index (χ0n) is 19.9. The van der Waals surface area contributed by atoms with E-state index >= 15 is 0 Å². The summed E-state index contributed by atoms with van der Waals surface area (Å²) in [6.07, 6.45) is 17.7. The number of aromatic nitrogens is 1. The second-order valence-corrected chi connectivity index (χ2v) is 6.35. The number of rotatable bonds is 15. The molecule has 2 heteroatoms. The summed E-state index contributed by atoms with van der Waals surface area (Å²) in [6.45, 7) is 2.75. The Kier molecular flexibility index (Phi) is 11.4. The van der Waals surface area contributed by atoms with Crippen LogP contribution >= 0.6 is 0 Å². The van der Waals surface area contributed by atoms with Crippen molar-refractivity contribution in [3.05, 3.63) is 30.5 Å². The van der Waals surface area contributed by atoms with Gasteiger partial charge in [-0.1, -0.05) is 90.0 Å². The summed E-state index contributed by atoms with van der Waals surface area (Å²) in [6, 6.07) is -0.815. The van der Waals surface area contributed by atoms with Gasteiger partial charge >= 0.3 is 0 Å². The van der Waals surface area contributed by atoms with Gasteiger partial charge in [0, 0.05) is 18.5 Å². The molecule has 0 aliphatic carbocycles. The Balaban J connectivity index is 0.00000729. The topological polar surface area (TPSA) is 3.88 Å². The van der Waals surface area contributed by atoms with E-state index in [-0.39, 0.29) is 42.9 Å². The maximum Gasteiger partial charge on any atom is 0.168 e. The predicted octanol–water partition coefficient (Wildman–Crippen LogP) is 3.46. The number of nitrogens with zero attached hydrogens (tertiary/aromatic N) is 1. The van der Waals surface area contributed by atoms with Crippen LogP contribution in [0.2, 0.25) is 0 Å². The molecule has 0 amide bonds. The van der Waals surface area contributed by atoms with Crippen LogP contribution in [0.25, 0.3) is 0 Å². The van der Waals surface area contributed by atoms with Gasteiger partial charge < -0.3 is 12.4 Å². The van der Waals surface area contributed by atoms with E-state index < -0.39 is 0 Å². The molecule has 0 unspecified atom stereocenters. The van der Waals surface area contributed by atoms with Gasteiger partial charge in [0.2, 0.25) is 0 Å². The molecule has 0 saturated heterocycles. The summed E-state index contributed by atoms with van der Waals surface area (Å²) in [7, 11) is 0. The van der Waals surface area contributed by atoms with E-state index in [1.807, 2.05) is 0 Å². The Morgan fingerprint density at radius 3 is 1.43 bits per heavy atom. The molecule has 0 fully saturated rings. The van der Waals surface area contributed by atoms with Gasteiger partial charge in [-0.2, -0.15) is 0 Å². The van der Waals surface area contributed by atoms with Gasteiger partial charge in [-0.25, -0.2) is 4.57 Å². The largest absolute Gasteiger partial charge is 1.00 e. The maximum atomic E-state index is 7.90. The number of hydrogen-bond acceptors (Lipinski definition) is 0. The third kappa shape index (κ3) is 14.7. The molecule has 0 aliphatic rings. The van der Waals surface area contributed by atoms with Crippen LogP contribution in [0.4, 0.5) is 0 Å². The molecule has 0 spiro atoms. The van der Waals surface area contributed by atoms with Crippen LogP contribution in [0.5, 0.6) is 0 Å². The van der Waals surface area contributed by atoms with Crippen molar-refractivity contribution in [1.29, 1.82) is 0 Å². The van der Waals surface area contributed by atoms with E-state index in [2.05, 4.69) is 6.92 Å². The third-order valence-electron chi connectivity index (χ3n) is 4.24. The van der Waals surface area contributed by atoms with Gasteiger partial charge in [0.05, 0.1) is 4.11 Å². The first-order valence-electron chi connectivity index (χ1n) is 12.0. The number of unbranched alkanes of at least 4 members (excludes halogenated alkanes) is 13. The molecular weight excluding hydrogens is 302 g/mol. The molecule has 0 atom stereocenters. The smallest absolute Gasteiger partial charge is 0.168 e. The highest BCUT2D eigenvalue weighted by atomic mass is 35.5. The average molecular weight is 345 g/mol. The van der Waals surface area contributed by atoms with Crippen LogP contribution in [-0.2, 0) is 6.54 Å². The Labute approximate surface area is 158 Å². The first-order valence-corrected chi connectivity index (χ1v) is 9.47. The fraction of sp³-hybridized carbons (Fsp3) is 0.762. The molecule has 1 aromatic rings. The lowest BCUT2D eigenvalue weighted by Crippen LogP contribution is -3.00. The molecule has 0 N–H and O–H groups in total. The van der Waals surface area contributed by atoms with E-state index in [4.69, 9.17) is 6.85 Å². The lowest BCUT2D eigenvalue weighted by atomic mass is 10.0. The lowest BCUT2D eigenvalue weighted by molar-refractivity contribution is -0.697. The predicted molar refractivity (Wildman–Crippen MR) is 96.9 cm³/mol. The molecule has 1 nitrogen and oxygen atoms in total. The Bertz CT molecular complexity index is 525. The third-order valence-corrected chi connectivity index (χ3v) is 4.24. The number of hydrogen-bond donors (Lipinski definition) is 0. The fourth-order valence-corrected chi connectivity index (χ4v) is 2.83. The van der Waals surface area contributed by atoms with E-state index in [1.165, 1.54) is 75.2 Å². The molecule has 0 aromatic carbocycles. The summed E-state index contributed by atoms with van der Waals surface area (Å²) in [5.74, 6) is 0. The molecule has 0 aliphatic heterocycles. The Morgan fingerprint density at radius 2 is 1.00 bits per heavy atom. The second kappa shape index (κ2) is 17.8. The molecule has 1 heterocycles. The fourth-order valence-electron chi connectivity index (χ4n) is 2.83. The van der Waals surface area contributed by atoms with E-state index in [0.717, 1.165) is 19.3 Å². The van der Waals surface area contributed by atoms with Crippen molar-refractivity contribution >= 4 is 0 Å². The Morgan fingerprint density at radius 1 is 0.609 bits per heavy atom. The van der Waals surface area contributed by atoms with Gasteiger partial charge in [0.1, 0.15) is 9.29 Å². The van der Waals surface area contributed by atoms with Crippen molar-refractivity contribution in [2.24, 2.45) is 0 Å². The highest BCUT2D eigenvalue weighted by Gasteiger charge is 1.98. The number of halogens is 1. The molecule has 1 aromatic heterocycles. The standard InChI is InChI=1S/C21H38N.ClH/c1-2-3-4-5-6-7-8-9-10-11-12-13-14-16-19-22-20-17-15-18-21-22;/h15,17-18,20-21H,2-14,16,19H2,1H3;1H/q+1;/p-1/i15D,17D,18D,20D,21D;. The van der Waals surface area contributed by atoms with E-state index in [0.29, 0.717) is 6.54 Å². The molecule has 0 radical (unpaired) electrons. The maximum absolute atomic E-state index is 7.90. The van der Waals surface area contributed by atoms with Gasteiger partial charge in [0.15, 0.2) is 12.3 Å². The lowest BCUT2D eigenvalue weighted by Gasteiger charge is -2.02. The van der Waals surface area contributed by atoms with Crippen molar-refractivity contribution in [3.63, 3.8) is 0 Å². The molecule has 23 heavy (non-hydrogen) atoms. The first-order chi connectivity index (χ1) is 13.0.